The lowest BCUT2D eigenvalue weighted by atomic mass is 10.1. The van der Waals surface area contributed by atoms with Gasteiger partial charge in [0.15, 0.2) is 0 Å². The Hall–Kier alpha value is -4.11. The molecule has 0 aromatic heterocycles. The maximum absolute atomic E-state index is 11.1. The third-order valence-electron chi connectivity index (χ3n) is 5.51. The highest BCUT2D eigenvalue weighted by Gasteiger charge is 2.12. The number of hydrogen-bond donors (Lipinski definition) is 0. The third-order valence-corrected chi connectivity index (χ3v) is 5.51. The van der Waals surface area contributed by atoms with Gasteiger partial charge in [-0.15, -0.1) is 0 Å². The Balaban J connectivity index is 1.51. The molecule has 0 saturated carbocycles. The molecule has 33 heavy (non-hydrogen) atoms. The molecule has 0 heterocycles. The van der Waals surface area contributed by atoms with E-state index in [0.29, 0.717) is 12.2 Å². The molecule has 0 radical (unpaired) electrons. The molecular formula is C30H27NO2. The van der Waals surface area contributed by atoms with Gasteiger partial charge in [0.25, 0.3) is 0 Å². The highest BCUT2D eigenvalue weighted by Crippen LogP contribution is 2.34. The van der Waals surface area contributed by atoms with Gasteiger partial charge in [-0.05, 0) is 67.4 Å². The monoisotopic (exact) mass is 433 g/mol. The van der Waals surface area contributed by atoms with Crippen molar-refractivity contribution in [1.82, 2.24) is 0 Å². The van der Waals surface area contributed by atoms with Crippen molar-refractivity contribution >= 4 is 29.4 Å². The first-order valence-corrected chi connectivity index (χ1v) is 11.0. The molecule has 0 spiro atoms. The van der Waals surface area contributed by atoms with E-state index in [1.54, 1.807) is 12.3 Å². The van der Waals surface area contributed by atoms with Crippen LogP contribution in [0.2, 0.25) is 0 Å². The lowest BCUT2D eigenvalue weighted by Gasteiger charge is -2.25. The molecule has 4 aromatic rings. The number of ether oxygens (including phenoxy) is 1. The Kier molecular flexibility index (Phi) is 7.01. The van der Waals surface area contributed by atoms with E-state index in [1.807, 2.05) is 24.3 Å². The smallest absolute Gasteiger partial charge is 0.150 e. The molecule has 4 aromatic carbocycles. The fourth-order valence-electron chi connectivity index (χ4n) is 3.61. The summed E-state index contributed by atoms with van der Waals surface area (Å²) in [4.78, 5) is 13.4. The SMILES string of the molecule is Cc1ccc(N(c2ccc(C)cc2)c2ccc(C=COCc3ccccc3C=O)cc2)cc1. The fraction of sp³-hybridized carbons (Fsp3) is 0.100. The van der Waals surface area contributed by atoms with Gasteiger partial charge in [0.1, 0.15) is 12.9 Å². The Morgan fingerprint density at radius 3 is 1.76 bits per heavy atom. The second-order valence-electron chi connectivity index (χ2n) is 8.03. The van der Waals surface area contributed by atoms with Crippen LogP contribution in [0.5, 0.6) is 0 Å². The van der Waals surface area contributed by atoms with Crippen LogP contribution in [-0.4, -0.2) is 6.29 Å². The number of aryl methyl sites for hydroxylation is 2. The number of benzene rings is 4. The summed E-state index contributed by atoms with van der Waals surface area (Å²) >= 11 is 0. The highest BCUT2D eigenvalue weighted by molar-refractivity contribution is 5.78. The predicted molar refractivity (Wildman–Crippen MR) is 136 cm³/mol. The molecule has 0 bridgehead atoms. The Labute approximate surface area is 195 Å². The average Bonchev–Trinajstić information content (AvgIpc) is 2.85. The zero-order valence-corrected chi connectivity index (χ0v) is 18.9. The van der Waals surface area contributed by atoms with Crippen LogP contribution < -0.4 is 4.90 Å². The Morgan fingerprint density at radius 1 is 0.697 bits per heavy atom. The standard InChI is InChI=1S/C30H27NO2/c1-23-7-13-28(14-8-23)31(29-15-9-24(2)10-16-29)30-17-11-25(12-18-30)19-20-33-22-27-6-4-3-5-26(27)21-32/h3-21H,22H2,1-2H3. The van der Waals surface area contributed by atoms with E-state index in [0.717, 1.165) is 34.5 Å². The van der Waals surface area contributed by atoms with Crippen LogP contribution in [0, 0.1) is 13.8 Å². The molecule has 0 aliphatic carbocycles. The Morgan fingerprint density at radius 2 is 1.21 bits per heavy atom. The molecule has 4 rings (SSSR count). The highest BCUT2D eigenvalue weighted by atomic mass is 16.5. The largest absolute Gasteiger partial charge is 0.496 e. The van der Waals surface area contributed by atoms with E-state index in [1.165, 1.54) is 11.1 Å². The summed E-state index contributed by atoms with van der Waals surface area (Å²) < 4.78 is 5.65. The summed E-state index contributed by atoms with van der Waals surface area (Å²) in [6.45, 7) is 4.56. The number of nitrogens with zero attached hydrogens (tertiary/aromatic N) is 1. The van der Waals surface area contributed by atoms with Crippen molar-refractivity contribution in [2.24, 2.45) is 0 Å². The summed E-state index contributed by atoms with van der Waals surface area (Å²) in [5, 5.41) is 0. The van der Waals surface area contributed by atoms with E-state index in [9.17, 15) is 4.79 Å². The van der Waals surface area contributed by atoms with Crippen molar-refractivity contribution in [2.45, 2.75) is 20.5 Å². The van der Waals surface area contributed by atoms with Gasteiger partial charge in [0.05, 0.1) is 6.26 Å². The first kappa shape index (κ1) is 22.1. The van der Waals surface area contributed by atoms with Crippen LogP contribution in [0.1, 0.15) is 32.6 Å². The molecule has 0 amide bonds. The van der Waals surface area contributed by atoms with Crippen LogP contribution in [0.3, 0.4) is 0 Å². The van der Waals surface area contributed by atoms with Crippen molar-refractivity contribution in [2.75, 3.05) is 4.90 Å². The molecule has 3 heteroatoms. The van der Waals surface area contributed by atoms with Crippen LogP contribution in [0.25, 0.3) is 6.08 Å². The number of aldehydes is 1. The van der Waals surface area contributed by atoms with E-state index in [4.69, 9.17) is 4.74 Å². The molecule has 0 unspecified atom stereocenters. The molecular weight excluding hydrogens is 406 g/mol. The topological polar surface area (TPSA) is 29.5 Å². The van der Waals surface area contributed by atoms with Crippen LogP contribution in [0.15, 0.2) is 103 Å². The number of hydrogen-bond acceptors (Lipinski definition) is 3. The number of carbonyl (C=O) groups excluding carboxylic acids is 1. The molecule has 0 N–H and O–H groups in total. The van der Waals surface area contributed by atoms with Gasteiger partial charge in [0, 0.05) is 22.6 Å². The quantitative estimate of drug-likeness (QED) is 0.210. The van der Waals surface area contributed by atoms with Gasteiger partial charge in [0.2, 0.25) is 0 Å². The third kappa shape index (κ3) is 5.58. The fourth-order valence-corrected chi connectivity index (χ4v) is 3.61. The number of rotatable bonds is 8. The second-order valence-corrected chi connectivity index (χ2v) is 8.03. The maximum atomic E-state index is 11.1. The molecule has 164 valence electrons. The molecule has 0 fully saturated rings. The van der Waals surface area contributed by atoms with Crippen LogP contribution >= 0.6 is 0 Å². The molecule has 3 nitrogen and oxygen atoms in total. The lowest BCUT2D eigenvalue weighted by molar-refractivity contribution is 0.112. The van der Waals surface area contributed by atoms with Gasteiger partial charge in [-0.3, -0.25) is 4.79 Å². The minimum atomic E-state index is 0.359. The number of carbonyl (C=O) groups is 1. The van der Waals surface area contributed by atoms with Gasteiger partial charge >= 0.3 is 0 Å². The summed E-state index contributed by atoms with van der Waals surface area (Å²) in [6.07, 6.45) is 4.46. The lowest BCUT2D eigenvalue weighted by Crippen LogP contribution is -2.09. The van der Waals surface area contributed by atoms with Crippen molar-refractivity contribution in [3.8, 4) is 0 Å². The normalized spacial score (nSPS) is 10.8. The predicted octanol–water partition coefficient (Wildman–Crippen LogP) is 7.77. The molecule has 0 aliphatic heterocycles. The first-order chi connectivity index (χ1) is 16.1. The van der Waals surface area contributed by atoms with Gasteiger partial charge in [-0.1, -0.05) is 71.8 Å². The van der Waals surface area contributed by atoms with E-state index in [-0.39, 0.29) is 0 Å². The van der Waals surface area contributed by atoms with E-state index >= 15 is 0 Å². The second kappa shape index (κ2) is 10.5. The van der Waals surface area contributed by atoms with Crippen molar-refractivity contribution in [3.05, 3.63) is 131 Å². The van der Waals surface area contributed by atoms with Gasteiger partial charge < -0.3 is 9.64 Å². The average molecular weight is 434 g/mol. The Bertz CT molecular complexity index is 1180. The summed E-state index contributed by atoms with van der Waals surface area (Å²) in [5.41, 5.74) is 8.35. The number of anilines is 3. The van der Waals surface area contributed by atoms with Crippen LogP contribution in [-0.2, 0) is 11.3 Å². The summed E-state index contributed by atoms with van der Waals surface area (Å²) in [7, 11) is 0. The van der Waals surface area contributed by atoms with E-state index in [2.05, 4.69) is 91.5 Å². The van der Waals surface area contributed by atoms with Crippen molar-refractivity contribution in [1.29, 1.82) is 0 Å². The minimum Gasteiger partial charge on any atom is -0.496 e. The molecule has 0 saturated heterocycles. The first-order valence-electron chi connectivity index (χ1n) is 11.0. The van der Waals surface area contributed by atoms with Crippen molar-refractivity contribution < 1.29 is 9.53 Å². The van der Waals surface area contributed by atoms with E-state index < -0.39 is 0 Å². The zero-order chi connectivity index (χ0) is 23.0. The zero-order valence-electron chi connectivity index (χ0n) is 18.9. The minimum absolute atomic E-state index is 0.359. The summed E-state index contributed by atoms with van der Waals surface area (Å²) in [6, 6.07) is 32.9. The summed E-state index contributed by atoms with van der Waals surface area (Å²) in [5.74, 6) is 0. The molecule has 0 atom stereocenters. The molecule has 0 aliphatic rings. The van der Waals surface area contributed by atoms with Gasteiger partial charge in [-0.25, -0.2) is 0 Å². The van der Waals surface area contributed by atoms with Crippen LogP contribution in [0.4, 0.5) is 17.1 Å². The van der Waals surface area contributed by atoms with Gasteiger partial charge in [-0.2, -0.15) is 0 Å². The maximum Gasteiger partial charge on any atom is 0.150 e. The van der Waals surface area contributed by atoms with Crippen molar-refractivity contribution in [3.63, 3.8) is 0 Å².